The van der Waals surface area contributed by atoms with Crippen molar-refractivity contribution in [1.29, 1.82) is 5.26 Å². The Hall–Kier alpha value is -6.57. The molecule has 3 heterocycles. The normalized spacial score (nSPS) is 11.8. The van der Waals surface area contributed by atoms with E-state index in [1.807, 2.05) is 18.2 Å². The Bertz CT molecular complexity index is 2860. The molecule has 0 unspecified atom stereocenters. The summed E-state index contributed by atoms with van der Waals surface area (Å²) in [7, 11) is 0. The smallest absolute Gasteiger partial charge is 0.160 e. The summed E-state index contributed by atoms with van der Waals surface area (Å²) in [5.74, 6) is 0. The van der Waals surface area contributed by atoms with Gasteiger partial charge in [0.05, 0.1) is 33.3 Å². The van der Waals surface area contributed by atoms with Crippen LogP contribution in [-0.2, 0) is 0 Å². The van der Waals surface area contributed by atoms with Gasteiger partial charge in [-0.05, 0) is 60.2 Å². The molecule has 10 aromatic rings. The van der Waals surface area contributed by atoms with Crippen LogP contribution < -0.4 is 0 Å². The highest BCUT2D eigenvalue weighted by molar-refractivity contribution is 6.22. The van der Waals surface area contributed by atoms with Gasteiger partial charge in [-0.2, -0.15) is 5.26 Å². The fourth-order valence-corrected chi connectivity index (χ4v) is 7.57. The molecule has 218 valence electrons. The van der Waals surface area contributed by atoms with Gasteiger partial charge in [-0.25, -0.2) is 0 Å². The van der Waals surface area contributed by atoms with Crippen LogP contribution in [0.1, 0.15) is 5.56 Å². The van der Waals surface area contributed by atoms with Crippen molar-refractivity contribution in [3.8, 4) is 28.6 Å². The second-order valence-corrected chi connectivity index (χ2v) is 12.0. The third-order valence-electron chi connectivity index (χ3n) is 9.56. The number of fused-ring (bicyclic) bond motifs is 10. The fraction of sp³-hybridized carbons (Fsp3) is 0. The first-order valence-corrected chi connectivity index (χ1v) is 15.8. The van der Waals surface area contributed by atoms with E-state index in [4.69, 9.17) is 4.42 Å². The highest BCUT2D eigenvalue weighted by Gasteiger charge is 2.21. The third-order valence-corrected chi connectivity index (χ3v) is 9.56. The molecular weight excluding hydrogens is 574 g/mol. The number of nitriles is 1. The first kappa shape index (κ1) is 25.7. The van der Waals surface area contributed by atoms with E-state index < -0.39 is 0 Å². The minimum Gasteiger partial charge on any atom is -0.454 e. The van der Waals surface area contributed by atoms with Crippen molar-refractivity contribution >= 4 is 65.6 Å². The number of nitrogens with zero attached hydrogens (tertiary/aromatic N) is 3. The van der Waals surface area contributed by atoms with Crippen LogP contribution in [0.2, 0.25) is 0 Å². The van der Waals surface area contributed by atoms with Gasteiger partial charge >= 0.3 is 0 Å². The second kappa shape index (κ2) is 9.71. The molecule has 4 heteroatoms. The van der Waals surface area contributed by atoms with Gasteiger partial charge < -0.3 is 13.6 Å². The number of hydrogen-bond donors (Lipinski definition) is 0. The lowest BCUT2D eigenvalue weighted by atomic mass is 9.98. The van der Waals surface area contributed by atoms with Crippen LogP contribution in [0.5, 0.6) is 0 Å². The molecule has 0 aliphatic rings. The molecule has 0 aliphatic heterocycles. The number of para-hydroxylation sites is 5. The molecule has 4 nitrogen and oxygen atoms in total. The quantitative estimate of drug-likeness (QED) is 0.203. The lowest BCUT2D eigenvalue weighted by molar-refractivity contribution is 0.671. The topological polar surface area (TPSA) is 46.8 Å². The Morgan fingerprint density at radius 1 is 0.489 bits per heavy atom. The molecule has 0 amide bonds. The van der Waals surface area contributed by atoms with Crippen molar-refractivity contribution in [2.45, 2.75) is 0 Å². The van der Waals surface area contributed by atoms with Gasteiger partial charge in [-0.1, -0.05) is 97.1 Å². The highest BCUT2D eigenvalue weighted by Crippen LogP contribution is 2.43. The van der Waals surface area contributed by atoms with E-state index >= 15 is 0 Å². The van der Waals surface area contributed by atoms with Crippen LogP contribution in [0.15, 0.2) is 156 Å². The zero-order chi connectivity index (χ0) is 31.1. The van der Waals surface area contributed by atoms with Gasteiger partial charge in [0.2, 0.25) is 0 Å². The van der Waals surface area contributed by atoms with Gasteiger partial charge in [-0.15, -0.1) is 0 Å². The molecule has 0 aliphatic carbocycles. The van der Waals surface area contributed by atoms with Gasteiger partial charge in [0, 0.05) is 43.6 Å². The molecule has 0 radical (unpaired) electrons. The molecule has 0 bridgehead atoms. The molecule has 7 aromatic carbocycles. The van der Waals surface area contributed by atoms with E-state index in [9.17, 15) is 5.26 Å². The Balaban J connectivity index is 1.27. The average molecular weight is 600 g/mol. The van der Waals surface area contributed by atoms with E-state index in [0.717, 1.165) is 82.7 Å². The van der Waals surface area contributed by atoms with Gasteiger partial charge in [0.1, 0.15) is 11.7 Å². The van der Waals surface area contributed by atoms with Crippen LogP contribution in [0.4, 0.5) is 0 Å². The van der Waals surface area contributed by atoms with Gasteiger partial charge in [-0.3, -0.25) is 0 Å². The zero-order valence-electron chi connectivity index (χ0n) is 25.2. The predicted octanol–water partition coefficient (Wildman–Crippen LogP) is 11.3. The number of rotatable bonds is 3. The Labute approximate surface area is 269 Å². The molecule has 10 rings (SSSR count). The van der Waals surface area contributed by atoms with E-state index in [-0.39, 0.29) is 0 Å². The van der Waals surface area contributed by atoms with Crippen molar-refractivity contribution in [3.05, 3.63) is 157 Å². The minimum absolute atomic E-state index is 0.625. The molecule has 0 atom stereocenters. The zero-order valence-corrected chi connectivity index (χ0v) is 25.2. The molecule has 3 aromatic heterocycles. The lowest BCUT2D eigenvalue weighted by Crippen LogP contribution is -2.00. The minimum atomic E-state index is 0.625. The fourth-order valence-electron chi connectivity index (χ4n) is 7.57. The lowest BCUT2D eigenvalue weighted by Gasteiger charge is -2.16. The Morgan fingerprint density at radius 3 is 1.81 bits per heavy atom. The molecule has 0 spiro atoms. The molecule has 0 N–H and O–H groups in total. The van der Waals surface area contributed by atoms with Crippen LogP contribution in [-0.4, -0.2) is 9.13 Å². The summed E-state index contributed by atoms with van der Waals surface area (Å²) in [4.78, 5) is 0. The van der Waals surface area contributed by atoms with Crippen molar-refractivity contribution in [2.24, 2.45) is 0 Å². The number of aromatic nitrogens is 2. The largest absolute Gasteiger partial charge is 0.454 e. The van der Waals surface area contributed by atoms with Crippen LogP contribution in [0.3, 0.4) is 0 Å². The molecule has 0 saturated carbocycles. The van der Waals surface area contributed by atoms with Crippen molar-refractivity contribution in [2.75, 3.05) is 0 Å². The Kier molecular flexibility index (Phi) is 5.32. The summed E-state index contributed by atoms with van der Waals surface area (Å²) in [5, 5.41) is 17.2. The maximum Gasteiger partial charge on any atom is 0.160 e. The molecule has 0 fully saturated rings. The summed E-state index contributed by atoms with van der Waals surface area (Å²) in [6.07, 6.45) is 0. The standard InChI is InChI=1S/C43H25N3O/c44-26-28-11-10-17-30(41(28)46-38-19-8-4-14-31(38)32-15-5-9-20-39(32)46)27-21-24-40-36(25-27)35-23-22-34-33-16-6-7-18-37(33)45(42(34)43(35)47-40)29-12-2-1-3-13-29/h1-25H. The third kappa shape index (κ3) is 3.57. The maximum atomic E-state index is 10.4. The summed E-state index contributed by atoms with van der Waals surface area (Å²) >= 11 is 0. The van der Waals surface area contributed by atoms with E-state index in [1.54, 1.807) is 0 Å². The van der Waals surface area contributed by atoms with E-state index in [2.05, 4.69) is 149 Å². The first-order valence-electron chi connectivity index (χ1n) is 15.8. The first-order chi connectivity index (χ1) is 23.3. The Morgan fingerprint density at radius 2 is 1.11 bits per heavy atom. The number of furan rings is 1. The molecular formula is C43H25N3O. The summed E-state index contributed by atoms with van der Waals surface area (Å²) in [5.41, 5.74) is 10.7. The van der Waals surface area contributed by atoms with Gasteiger partial charge in [0.15, 0.2) is 5.58 Å². The van der Waals surface area contributed by atoms with Crippen molar-refractivity contribution in [3.63, 3.8) is 0 Å². The second-order valence-electron chi connectivity index (χ2n) is 12.0. The van der Waals surface area contributed by atoms with Crippen LogP contribution in [0.25, 0.3) is 88.1 Å². The molecule has 47 heavy (non-hydrogen) atoms. The van der Waals surface area contributed by atoms with Crippen LogP contribution in [0, 0.1) is 11.3 Å². The number of benzene rings is 7. The summed E-state index contributed by atoms with van der Waals surface area (Å²) < 4.78 is 11.3. The summed E-state index contributed by atoms with van der Waals surface area (Å²) in [6, 6.07) is 55.2. The average Bonchev–Trinajstić information content (AvgIpc) is 3.79. The van der Waals surface area contributed by atoms with E-state index in [1.165, 1.54) is 5.39 Å². The monoisotopic (exact) mass is 599 g/mol. The predicted molar refractivity (Wildman–Crippen MR) is 193 cm³/mol. The van der Waals surface area contributed by atoms with Crippen molar-refractivity contribution in [1.82, 2.24) is 9.13 Å². The maximum absolute atomic E-state index is 10.4. The number of hydrogen-bond acceptors (Lipinski definition) is 2. The van der Waals surface area contributed by atoms with Gasteiger partial charge in [0.25, 0.3) is 0 Å². The summed E-state index contributed by atoms with van der Waals surface area (Å²) in [6.45, 7) is 0. The van der Waals surface area contributed by atoms with E-state index in [0.29, 0.717) is 5.56 Å². The SMILES string of the molecule is N#Cc1cccc(-c2ccc3oc4c(ccc5c6ccccc6n(-c6ccccc6)c54)c3c2)c1-n1c2ccccc2c2ccccc21. The van der Waals surface area contributed by atoms with Crippen molar-refractivity contribution < 1.29 is 4.42 Å². The van der Waals surface area contributed by atoms with Crippen LogP contribution >= 0.6 is 0 Å². The molecule has 0 saturated heterocycles. The highest BCUT2D eigenvalue weighted by atomic mass is 16.3.